The first-order valence-electron chi connectivity index (χ1n) is 3.26. The van der Waals surface area contributed by atoms with Crippen molar-refractivity contribution in [3.63, 3.8) is 0 Å². The highest BCUT2D eigenvalue weighted by Gasteiger charge is 2.30. The molecule has 0 saturated carbocycles. The van der Waals surface area contributed by atoms with Crippen LogP contribution in [0, 0.1) is 20.5 Å². The van der Waals surface area contributed by atoms with Crippen LogP contribution in [0.25, 0.3) is 0 Å². The van der Waals surface area contributed by atoms with Crippen molar-refractivity contribution in [2.45, 2.75) is 12.8 Å². The van der Waals surface area contributed by atoms with E-state index in [2.05, 4.69) is 8.58 Å². The molecular formula is C4H4Cl2O10. The van der Waals surface area contributed by atoms with Gasteiger partial charge in [0.05, 0.1) is 12.8 Å². The molecule has 0 N–H and O–H groups in total. The van der Waals surface area contributed by atoms with Crippen LogP contribution in [0.5, 0.6) is 0 Å². The minimum atomic E-state index is -4.97. The highest BCUT2D eigenvalue weighted by Crippen LogP contribution is 2.01. The van der Waals surface area contributed by atoms with E-state index in [1.54, 1.807) is 0 Å². The first kappa shape index (κ1) is 15.3. The van der Waals surface area contributed by atoms with Gasteiger partial charge in [-0.3, -0.25) is 0 Å². The molecule has 94 valence electrons. The summed E-state index contributed by atoms with van der Waals surface area (Å²) in [5.74, 6) is -3.18. The Hall–Kier alpha value is -0.720. The largest absolute Gasteiger partial charge is 0.463 e. The second-order valence-corrected chi connectivity index (χ2v) is 3.97. The third-order valence-electron chi connectivity index (χ3n) is 0.894. The lowest BCUT2D eigenvalue weighted by atomic mass is 10.3. The maximum absolute atomic E-state index is 10.5. The zero-order chi connectivity index (χ0) is 13.0. The van der Waals surface area contributed by atoms with Crippen LogP contribution in [0.3, 0.4) is 0 Å². The summed E-state index contributed by atoms with van der Waals surface area (Å²) >= 11 is 0. The zero-order valence-electron chi connectivity index (χ0n) is 7.25. The quantitative estimate of drug-likeness (QED) is 0.467. The average Bonchev–Trinajstić information content (AvgIpc) is 1.94. The van der Waals surface area contributed by atoms with Gasteiger partial charge in [-0.25, -0.2) is 9.59 Å². The van der Waals surface area contributed by atoms with Crippen molar-refractivity contribution in [3.8, 4) is 0 Å². The molecule has 0 aliphatic carbocycles. The van der Waals surface area contributed by atoms with E-state index < -0.39 is 45.3 Å². The Kier molecular flexibility index (Phi) is 5.31. The third kappa shape index (κ3) is 9.82. The van der Waals surface area contributed by atoms with E-state index in [1.165, 1.54) is 0 Å². The lowest BCUT2D eigenvalue weighted by Gasteiger charge is -2.11. The van der Waals surface area contributed by atoms with Gasteiger partial charge >= 0.3 is 11.9 Å². The van der Waals surface area contributed by atoms with E-state index in [-0.39, 0.29) is 0 Å². The molecule has 0 aromatic heterocycles. The molecule has 0 fully saturated rings. The van der Waals surface area contributed by atoms with Gasteiger partial charge in [0, 0.05) is 0 Å². The Morgan fingerprint density at radius 1 is 0.750 bits per heavy atom. The zero-order valence-corrected chi connectivity index (χ0v) is 8.76. The predicted octanol–water partition coefficient (Wildman–Crippen LogP) is -7.35. The van der Waals surface area contributed by atoms with Gasteiger partial charge in [0.2, 0.25) is 0 Å². The van der Waals surface area contributed by atoms with Crippen LogP contribution in [-0.4, -0.2) is 11.9 Å². The van der Waals surface area contributed by atoms with Gasteiger partial charge in [0.25, 0.3) is 0 Å². The maximum atomic E-state index is 10.5. The van der Waals surface area contributed by atoms with Gasteiger partial charge in [-0.15, -0.1) is 0 Å². The third-order valence-corrected chi connectivity index (χ3v) is 1.62. The van der Waals surface area contributed by atoms with E-state index in [9.17, 15) is 37.5 Å². The number of hydrogen-bond donors (Lipinski definition) is 0. The molecule has 0 saturated heterocycles. The summed E-state index contributed by atoms with van der Waals surface area (Å²) in [5, 5.41) is 0. The van der Waals surface area contributed by atoms with Crippen molar-refractivity contribution in [2.75, 3.05) is 0 Å². The molecule has 10 nitrogen and oxygen atoms in total. The van der Waals surface area contributed by atoms with Gasteiger partial charge in [-0.05, 0) is 8.58 Å². The Morgan fingerprint density at radius 3 is 1.19 bits per heavy atom. The normalized spacial score (nSPS) is 12.1. The molecule has 12 heteroatoms. The molecule has 0 bridgehead atoms. The monoisotopic (exact) mass is 282 g/mol. The van der Waals surface area contributed by atoms with Gasteiger partial charge < -0.3 is 0 Å². The molecule has 0 amide bonds. The number of halogens is 2. The molecular weight excluding hydrogens is 279 g/mol. The van der Waals surface area contributed by atoms with E-state index in [0.29, 0.717) is 0 Å². The fourth-order valence-electron chi connectivity index (χ4n) is 0.492. The SMILES string of the molecule is O=C(CCC(=O)O[Cl+3]([O-])([O-])[O-])O[Cl+3]([O-])([O-])[O-]. The maximum Gasteiger partial charge on any atom is 0.463 e. The predicted molar refractivity (Wildman–Crippen MR) is 21.4 cm³/mol. The highest BCUT2D eigenvalue weighted by molar-refractivity contribution is 5.76. The molecule has 0 aliphatic heterocycles. The van der Waals surface area contributed by atoms with Gasteiger partial charge in [-0.2, -0.15) is 28.0 Å². The van der Waals surface area contributed by atoms with Crippen molar-refractivity contribution >= 4 is 11.9 Å². The fraction of sp³-hybridized carbons (Fsp3) is 0.500. The first-order chi connectivity index (χ1) is 6.99. The highest BCUT2D eigenvalue weighted by atomic mass is 35.7. The van der Waals surface area contributed by atoms with Crippen molar-refractivity contribution in [2.24, 2.45) is 0 Å². The van der Waals surface area contributed by atoms with E-state index in [0.717, 1.165) is 0 Å². The summed E-state index contributed by atoms with van der Waals surface area (Å²) in [4.78, 5) is 21.0. The fourth-order valence-corrected chi connectivity index (χ4v) is 1.07. The van der Waals surface area contributed by atoms with Crippen LogP contribution < -0.4 is 28.0 Å². The summed E-state index contributed by atoms with van der Waals surface area (Å²) in [7, 11) is -9.95. The molecule has 16 heavy (non-hydrogen) atoms. The van der Waals surface area contributed by atoms with Crippen LogP contribution >= 0.6 is 0 Å². The molecule has 0 aromatic rings. The molecule has 0 spiro atoms. The number of hydrogen-bond acceptors (Lipinski definition) is 10. The summed E-state index contributed by atoms with van der Waals surface area (Å²) in [6.45, 7) is 0. The minimum absolute atomic E-state index is 0.932. The van der Waals surface area contributed by atoms with Crippen molar-refractivity contribution in [3.05, 3.63) is 0 Å². The Labute approximate surface area is 92.1 Å². The summed E-state index contributed by atoms with van der Waals surface area (Å²) < 4.78 is 65.4. The number of rotatable bonds is 5. The second-order valence-electron chi connectivity index (χ2n) is 2.15. The molecule has 0 atom stereocenters. The van der Waals surface area contributed by atoms with Crippen molar-refractivity contribution in [1.82, 2.24) is 0 Å². The molecule has 0 rings (SSSR count). The lowest BCUT2D eigenvalue weighted by molar-refractivity contribution is -1.92. The first-order valence-corrected chi connectivity index (χ1v) is 5.73. The molecule has 0 heterocycles. The summed E-state index contributed by atoms with van der Waals surface area (Å²) in [6.07, 6.45) is -1.86. The average molecular weight is 283 g/mol. The standard InChI is InChI=1S/C4H4Cl2O10/c7-3(15-5(9,10)11)1-2-4(8)16-6(12,13)14/h1-2H2. The van der Waals surface area contributed by atoms with E-state index in [1.807, 2.05) is 0 Å². The second kappa shape index (κ2) is 5.56. The Balaban J connectivity index is 3.90. The van der Waals surface area contributed by atoms with Crippen LogP contribution in [-0.2, 0) is 18.2 Å². The van der Waals surface area contributed by atoms with Crippen LogP contribution in [0.2, 0.25) is 0 Å². The lowest BCUT2D eigenvalue weighted by Crippen LogP contribution is -2.62. The van der Waals surface area contributed by atoms with Gasteiger partial charge in [-0.1, -0.05) is 0 Å². The Morgan fingerprint density at radius 2 is 1.00 bits per heavy atom. The molecule has 0 aliphatic rings. The van der Waals surface area contributed by atoms with Crippen molar-refractivity contribution in [1.29, 1.82) is 0 Å². The van der Waals surface area contributed by atoms with E-state index in [4.69, 9.17) is 0 Å². The van der Waals surface area contributed by atoms with Crippen LogP contribution in [0.15, 0.2) is 0 Å². The molecule has 0 radical (unpaired) electrons. The molecule has 0 unspecified atom stereocenters. The van der Waals surface area contributed by atoms with Crippen LogP contribution in [0.1, 0.15) is 12.8 Å². The topological polar surface area (TPSA) is 191 Å². The Bertz CT molecular complexity index is 235. The molecule has 0 aromatic carbocycles. The van der Waals surface area contributed by atoms with E-state index >= 15 is 0 Å². The van der Waals surface area contributed by atoms with Crippen LogP contribution in [0.4, 0.5) is 0 Å². The number of carbonyl (C=O) groups excluding carboxylic acids is 2. The summed E-state index contributed by atoms with van der Waals surface area (Å²) in [5.41, 5.74) is 0. The smallest absolute Gasteiger partial charge is 0.234 e. The van der Waals surface area contributed by atoms with Gasteiger partial charge in [0.1, 0.15) is 20.5 Å². The minimum Gasteiger partial charge on any atom is -0.234 e. The summed E-state index contributed by atoms with van der Waals surface area (Å²) in [6, 6.07) is 0. The van der Waals surface area contributed by atoms with Crippen molar-refractivity contribution < 1.29 is 66.6 Å². The number of carbonyl (C=O) groups is 2. The van der Waals surface area contributed by atoms with Gasteiger partial charge in [0.15, 0.2) is 0 Å².